The summed E-state index contributed by atoms with van der Waals surface area (Å²) in [5, 5.41) is 14.0. The Labute approximate surface area is 98.6 Å². The maximum atomic E-state index is 12.0. The van der Waals surface area contributed by atoms with Crippen molar-refractivity contribution in [2.45, 2.75) is 12.5 Å². The molecule has 1 aromatic carbocycles. The number of benzene rings is 1. The molecule has 3 rings (SSSR count). The Kier molecular flexibility index (Phi) is 2.53. The Balaban J connectivity index is 1.79. The normalized spacial score (nSPS) is 19.6. The van der Waals surface area contributed by atoms with Crippen LogP contribution in [0.5, 0.6) is 0 Å². The fourth-order valence-electron chi connectivity index (χ4n) is 2.13. The summed E-state index contributed by atoms with van der Waals surface area (Å²) in [6.45, 7) is 1.84. The molecule has 2 aromatic rings. The zero-order valence-electron chi connectivity index (χ0n) is 9.36. The second kappa shape index (κ2) is 4.18. The lowest BCUT2D eigenvalue weighted by Gasteiger charge is -2.11. The molecule has 1 aliphatic heterocycles. The molecule has 1 fully saturated rings. The van der Waals surface area contributed by atoms with E-state index in [1.165, 1.54) is 0 Å². The highest BCUT2D eigenvalue weighted by atomic mass is 16.1. The SMILES string of the molecule is O=C(N[C@@H]1CCNC1)c1ccc2[nH]ncc2c1. The molecule has 0 unspecified atom stereocenters. The first-order valence-corrected chi connectivity index (χ1v) is 5.77. The van der Waals surface area contributed by atoms with Crippen molar-refractivity contribution in [1.29, 1.82) is 0 Å². The second-order valence-electron chi connectivity index (χ2n) is 4.34. The van der Waals surface area contributed by atoms with Gasteiger partial charge in [-0.2, -0.15) is 5.10 Å². The number of amides is 1. The first kappa shape index (κ1) is 10.3. The minimum absolute atomic E-state index is 0.0122. The Morgan fingerprint density at radius 1 is 1.47 bits per heavy atom. The number of carbonyl (C=O) groups is 1. The molecule has 2 heterocycles. The van der Waals surface area contributed by atoms with Crippen LogP contribution in [-0.2, 0) is 0 Å². The van der Waals surface area contributed by atoms with Crippen LogP contribution in [0.15, 0.2) is 24.4 Å². The van der Waals surface area contributed by atoms with Crippen molar-refractivity contribution in [1.82, 2.24) is 20.8 Å². The lowest BCUT2D eigenvalue weighted by Crippen LogP contribution is -2.36. The molecule has 0 aliphatic carbocycles. The number of nitrogens with one attached hydrogen (secondary N) is 3. The third kappa shape index (κ3) is 2.01. The van der Waals surface area contributed by atoms with Gasteiger partial charge in [0.1, 0.15) is 0 Å². The number of H-pyrrole nitrogens is 1. The number of fused-ring (bicyclic) bond motifs is 1. The maximum absolute atomic E-state index is 12.0. The molecule has 1 atom stereocenters. The topological polar surface area (TPSA) is 69.8 Å². The lowest BCUT2D eigenvalue weighted by atomic mass is 10.1. The van der Waals surface area contributed by atoms with Crippen LogP contribution in [0, 0.1) is 0 Å². The van der Waals surface area contributed by atoms with E-state index in [-0.39, 0.29) is 11.9 Å². The Hall–Kier alpha value is -1.88. The highest BCUT2D eigenvalue weighted by Gasteiger charge is 2.17. The highest BCUT2D eigenvalue weighted by Crippen LogP contribution is 2.13. The molecule has 0 radical (unpaired) electrons. The van der Waals surface area contributed by atoms with Crippen molar-refractivity contribution in [3.8, 4) is 0 Å². The molecular weight excluding hydrogens is 216 g/mol. The molecule has 17 heavy (non-hydrogen) atoms. The molecule has 1 aliphatic rings. The molecule has 0 saturated carbocycles. The van der Waals surface area contributed by atoms with Crippen LogP contribution in [0.2, 0.25) is 0 Å². The number of aromatic amines is 1. The van der Waals surface area contributed by atoms with E-state index in [0.29, 0.717) is 5.56 Å². The predicted molar refractivity (Wildman–Crippen MR) is 64.8 cm³/mol. The van der Waals surface area contributed by atoms with Crippen molar-refractivity contribution >= 4 is 16.8 Å². The number of rotatable bonds is 2. The second-order valence-corrected chi connectivity index (χ2v) is 4.34. The summed E-state index contributed by atoms with van der Waals surface area (Å²) in [5.41, 5.74) is 1.63. The molecule has 0 bridgehead atoms. The first-order valence-electron chi connectivity index (χ1n) is 5.77. The summed E-state index contributed by atoms with van der Waals surface area (Å²) in [7, 11) is 0. The molecular formula is C12H14N4O. The van der Waals surface area contributed by atoms with E-state index in [0.717, 1.165) is 30.4 Å². The summed E-state index contributed by atoms with van der Waals surface area (Å²) in [6.07, 6.45) is 2.73. The fourth-order valence-corrected chi connectivity index (χ4v) is 2.13. The van der Waals surface area contributed by atoms with Gasteiger partial charge in [0.05, 0.1) is 11.7 Å². The van der Waals surface area contributed by atoms with Crippen LogP contribution in [-0.4, -0.2) is 35.2 Å². The molecule has 1 saturated heterocycles. The maximum Gasteiger partial charge on any atom is 0.251 e. The van der Waals surface area contributed by atoms with Crippen LogP contribution in [0.3, 0.4) is 0 Å². The number of aromatic nitrogens is 2. The van der Waals surface area contributed by atoms with Crippen LogP contribution >= 0.6 is 0 Å². The zero-order valence-corrected chi connectivity index (χ0v) is 9.36. The minimum Gasteiger partial charge on any atom is -0.348 e. The van der Waals surface area contributed by atoms with Gasteiger partial charge in [-0.3, -0.25) is 9.89 Å². The smallest absolute Gasteiger partial charge is 0.251 e. The van der Waals surface area contributed by atoms with Gasteiger partial charge in [-0.1, -0.05) is 0 Å². The van der Waals surface area contributed by atoms with Gasteiger partial charge in [0.2, 0.25) is 0 Å². The van der Waals surface area contributed by atoms with Gasteiger partial charge in [-0.25, -0.2) is 0 Å². The van der Waals surface area contributed by atoms with Crippen molar-refractivity contribution in [3.05, 3.63) is 30.0 Å². The Morgan fingerprint density at radius 3 is 3.24 bits per heavy atom. The van der Waals surface area contributed by atoms with Gasteiger partial charge >= 0.3 is 0 Å². The van der Waals surface area contributed by atoms with Gasteiger partial charge < -0.3 is 10.6 Å². The molecule has 1 aromatic heterocycles. The minimum atomic E-state index is -0.0122. The average molecular weight is 230 g/mol. The van der Waals surface area contributed by atoms with Crippen LogP contribution in [0.25, 0.3) is 10.9 Å². The van der Waals surface area contributed by atoms with Gasteiger partial charge in [0.15, 0.2) is 0 Å². The number of carbonyl (C=O) groups excluding carboxylic acids is 1. The molecule has 88 valence electrons. The third-order valence-electron chi connectivity index (χ3n) is 3.10. The van der Waals surface area contributed by atoms with Gasteiger partial charge in [-0.15, -0.1) is 0 Å². The van der Waals surface area contributed by atoms with Crippen molar-refractivity contribution in [2.24, 2.45) is 0 Å². The molecule has 5 heteroatoms. The largest absolute Gasteiger partial charge is 0.348 e. The lowest BCUT2D eigenvalue weighted by molar-refractivity contribution is 0.0940. The summed E-state index contributed by atoms with van der Waals surface area (Å²) < 4.78 is 0. The first-order chi connectivity index (χ1) is 8.33. The standard InChI is InChI=1S/C12H14N4O/c17-12(15-10-3-4-13-7-10)8-1-2-11-9(5-8)6-14-16-11/h1-2,5-6,10,13H,3-4,7H2,(H,14,16)(H,15,17)/t10-/m1/s1. The van der Waals surface area contributed by atoms with Crippen molar-refractivity contribution in [3.63, 3.8) is 0 Å². The zero-order chi connectivity index (χ0) is 11.7. The summed E-state index contributed by atoms with van der Waals surface area (Å²) in [5.74, 6) is -0.0122. The number of hydrogen-bond donors (Lipinski definition) is 3. The van der Waals surface area contributed by atoms with Gasteiger partial charge in [-0.05, 0) is 31.2 Å². The number of hydrogen-bond acceptors (Lipinski definition) is 3. The van der Waals surface area contributed by atoms with E-state index in [1.807, 2.05) is 18.2 Å². The summed E-state index contributed by atoms with van der Waals surface area (Å²) >= 11 is 0. The van der Waals surface area contributed by atoms with E-state index in [2.05, 4.69) is 20.8 Å². The van der Waals surface area contributed by atoms with E-state index >= 15 is 0 Å². The average Bonchev–Trinajstić information content (AvgIpc) is 2.97. The van der Waals surface area contributed by atoms with Crippen LogP contribution < -0.4 is 10.6 Å². The molecule has 5 nitrogen and oxygen atoms in total. The van der Waals surface area contributed by atoms with Crippen molar-refractivity contribution in [2.75, 3.05) is 13.1 Å². The molecule has 1 amide bonds. The van der Waals surface area contributed by atoms with Crippen LogP contribution in [0.1, 0.15) is 16.8 Å². The highest BCUT2D eigenvalue weighted by molar-refractivity contribution is 5.98. The van der Waals surface area contributed by atoms with E-state index in [1.54, 1.807) is 6.20 Å². The molecule has 0 spiro atoms. The third-order valence-corrected chi connectivity index (χ3v) is 3.10. The van der Waals surface area contributed by atoms with E-state index in [4.69, 9.17) is 0 Å². The quantitative estimate of drug-likeness (QED) is 0.709. The van der Waals surface area contributed by atoms with E-state index in [9.17, 15) is 4.79 Å². The fraction of sp³-hybridized carbons (Fsp3) is 0.333. The van der Waals surface area contributed by atoms with Gasteiger partial charge in [0.25, 0.3) is 5.91 Å². The predicted octanol–water partition coefficient (Wildman–Crippen LogP) is 0.655. The Bertz CT molecular complexity index is 542. The van der Waals surface area contributed by atoms with Crippen molar-refractivity contribution < 1.29 is 4.79 Å². The summed E-state index contributed by atoms with van der Waals surface area (Å²) in [4.78, 5) is 12.0. The summed E-state index contributed by atoms with van der Waals surface area (Å²) in [6, 6.07) is 5.81. The van der Waals surface area contributed by atoms with Gasteiger partial charge in [0, 0.05) is 23.5 Å². The monoisotopic (exact) mass is 230 g/mol. The Morgan fingerprint density at radius 2 is 2.41 bits per heavy atom. The van der Waals surface area contributed by atoms with Crippen LogP contribution in [0.4, 0.5) is 0 Å². The molecule has 3 N–H and O–H groups in total. The van der Waals surface area contributed by atoms with E-state index < -0.39 is 0 Å². The number of nitrogens with zero attached hydrogens (tertiary/aromatic N) is 1.